The Bertz CT molecular complexity index is 401. The van der Waals surface area contributed by atoms with Crippen molar-refractivity contribution in [2.24, 2.45) is 0 Å². The standard InChI is InChI=1S/C20H48O4Si4/c1-13-25(17(5)6)21-26(14-2,18(7)8)23-28(16-4,20(11)12)24-27(15-3,22-25)19(9)10/h17-20H,13-16H2,1-12H3. The fraction of sp³-hybridized carbons (Fsp3) is 1.00. The van der Waals surface area contributed by atoms with Gasteiger partial charge in [-0.2, -0.15) is 0 Å². The summed E-state index contributed by atoms with van der Waals surface area (Å²) in [7, 11) is -9.88. The summed E-state index contributed by atoms with van der Waals surface area (Å²) in [5.41, 5.74) is 1.53. The van der Waals surface area contributed by atoms with Crippen LogP contribution >= 0.6 is 0 Å². The van der Waals surface area contributed by atoms with Crippen LogP contribution in [0.2, 0.25) is 46.3 Å². The Hall–Kier alpha value is 0.708. The van der Waals surface area contributed by atoms with Crippen molar-refractivity contribution in [3.05, 3.63) is 0 Å². The lowest BCUT2D eigenvalue weighted by Gasteiger charge is -2.57. The Labute approximate surface area is 180 Å². The highest BCUT2D eigenvalue weighted by Gasteiger charge is 2.63. The molecule has 0 amide bonds. The molecule has 1 aliphatic rings. The van der Waals surface area contributed by atoms with Gasteiger partial charge >= 0.3 is 34.2 Å². The Morgan fingerprint density at radius 3 is 0.607 bits per heavy atom. The Balaban J connectivity index is 3.77. The maximum Gasteiger partial charge on any atom is 0.322 e. The minimum absolute atomic E-state index is 0.383. The van der Waals surface area contributed by atoms with Crippen molar-refractivity contribution in [1.29, 1.82) is 0 Å². The van der Waals surface area contributed by atoms with Crippen LogP contribution in [-0.4, -0.2) is 34.2 Å². The highest BCUT2D eigenvalue weighted by molar-refractivity contribution is 6.96. The molecule has 0 aromatic rings. The molecule has 28 heavy (non-hydrogen) atoms. The van der Waals surface area contributed by atoms with E-state index in [1.54, 1.807) is 0 Å². The second-order valence-electron chi connectivity index (χ2n) is 9.69. The van der Waals surface area contributed by atoms with E-state index in [4.69, 9.17) is 16.5 Å². The van der Waals surface area contributed by atoms with Gasteiger partial charge in [0, 0.05) is 0 Å². The van der Waals surface area contributed by atoms with E-state index in [9.17, 15) is 0 Å². The molecule has 1 heterocycles. The van der Waals surface area contributed by atoms with Crippen LogP contribution in [0.1, 0.15) is 83.1 Å². The summed E-state index contributed by atoms with van der Waals surface area (Å²) in [6, 6.07) is 3.84. The van der Waals surface area contributed by atoms with Crippen molar-refractivity contribution >= 4 is 34.2 Å². The maximum atomic E-state index is 7.33. The molecule has 0 saturated carbocycles. The van der Waals surface area contributed by atoms with Crippen LogP contribution < -0.4 is 0 Å². The van der Waals surface area contributed by atoms with Crippen LogP contribution in [-0.2, 0) is 16.5 Å². The molecule has 0 aromatic heterocycles. The smallest absolute Gasteiger partial charge is 0.322 e. The predicted octanol–water partition coefficient (Wildman–Crippen LogP) is 7.55. The van der Waals surface area contributed by atoms with E-state index in [0.29, 0.717) is 22.2 Å². The summed E-state index contributed by atoms with van der Waals surface area (Å²) in [6.45, 7) is 27.3. The van der Waals surface area contributed by atoms with Gasteiger partial charge in [0.2, 0.25) is 0 Å². The zero-order valence-corrected chi connectivity index (χ0v) is 24.8. The molecule has 0 bridgehead atoms. The normalized spacial score (nSPS) is 37.7. The average Bonchev–Trinajstić information content (AvgIpc) is 2.62. The van der Waals surface area contributed by atoms with E-state index in [2.05, 4.69) is 83.1 Å². The molecule has 4 nitrogen and oxygen atoms in total. The molecule has 1 saturated heterocycles. The molecule has 0 N–H and O–H groups in total. The minimum atomic E-state index is -2.47. The monoisotopic (exact) mass is 464 g/mol. The van der Waals surface area contributed by atoms with E-state index in [-0.39, 0.29) is 0 Å². The third-order valence-corrected chi connectivity index (χ3v) is 28.9. The first-order valence-corrected chi connectivity index (χ1v) is 20.1. The van der Waals surface area contributed by atoms with Gasteiger partial charge in [0.1, 0.15) is 0 Å². The third-order valence-electron chi connectivity index (χ3n) is 6.87. The van der Waals surface area contributed by atoms with Gasteiger partial charge in [-0.3, -0.25) is 0 Å². The zero-order valence-electron chi connectivity index (χ0n) is 20.8. The Morgan fingerprint density at radius 1 is 0.393 bits per heavy atom. The van der Waals surface area contributed by atoms with Crippen molar-refractivity contribution in [3.8, 4) is 0 Å². The predicted molar refractivity (Wildman–Crippen MR) is 130 cm³/mol. The summed E-state index contributed by atoms with van der Waals surface area (Å²) < 4.78 is 29.3. The first-order valence-electron chi connectivity index (χ1n) is 11.6. The summed E-state index contributed by atoms with van der Waals surface area (Å²) in [6.07, 6.45) is 0. The summed E-state index contributed by atoms with van der Waals surface area (Å²) in [4.78, 5) is 0. The van der Waals surface area contributed by atoms with Gasteiger partial charge in [-0.05, 0) is 46.3 Å². The van der Waals surface area contributed by atoms with Gasteiger partial charge < -0.3 is 16.5 Å². The molecule has 0 atom stereocenters. The van der Waals surface area contributed by atoms with Gasteiger partial charge in [-0.1, -0.05) is 83.1 Å². The zero-order chi connectivity index (χ0) is 22.0. The molecule has 0 unspecified atom stereocenters. The molecule has 0 spiro atoms. The Morgan fingerprint density at radius 2 is 0.536 bits per heavy atom. The van der Waals surface area contributed by atoms with E-state index in [1.807, 2.05) is 0 Å². The van der Waals surface area contributed by atoms with Crippen LogP contribution in [0.5, 0.6) is 0 Å². The van der Waals surface area contributed by atoms with Crippen molar-refractivity contribution in [2.45, 2.75) is 129 Å². The van der Waals surface area contributed by atoms with Crippen LogP contribution in [0.3, 0.4) is 0 Å². The third kappa shape index (κ3) is 4.79. The van der Waals surface area contributed by atoms with E-state index in [1.165, 1.54) is 0 Å². The molecule has 0 aromatic carbocycles. The molecule has 8 heteroatoms. The number of hydrogen-bond acceptors (Lipinski definition) is 4. The molecule has 1 aliphatic heterocycles. The fourth-order valence-electron chi connectivity index (χ4n) is 4.41. The lowest BCUT2D eigenvalue weighted by atomic mass is 10.6. The molecular formula is C20H48O4Si4. The molecule has 0 radical (unpaired) electrons. The van der Waals surface area contributed by atoms with Crippen molar-refractivity contribution in [2.75, 3.05) is 0 Å². The van der Waals surface area contributed by atoms with E-state index in [0.717, 1.165) is 24.2 Å². The van der Waals surface area contributed by atoms with Crippen molar-refractivity contribution < 1.29 is 16.5 Å². The topological polar surface area (TPSA) is 36.9 Å². The van der Waals surface area contributed by atoms with E-state index < -0.39 is 34.2 Å². The second kappa shape index (κ2) is 9.89. The summed E-state index contributed by atoms with van der Waals surface area (Å²) >= 11 is 0. The van der Waals surface area contributed by atoms with Crippen LogP contribution in [0.15, 0.2) is 0 Å². The SMILES string of the molecule is CC[Si]1(C(C)C)O[Si](CC)(C(C)C)O[Si](CC)(C(C)C)O[Si](CC)(C(C)C)O1. The summed E-state index contributed by atoms with van der Waals surface area (Å²) in [5, 5.41) is 0. The quantitative estimate of drug-likeness (QED) is 0.347. The first kappa shape index (κ1) is 26.7. The van der Waals surface area contributed by atoms with Gasteiger partial charge in [0.15, 0.2) is 0 Å². The maximum absolute atomic E-state index is 7.33. The minimum Gasteiger partial charge on any atom is -0.415 e. The lowest BCUT2D eigenvalue weighted by molar-refractivity contribution is 0.192. The van der Waals surface area contributed by atoms with Crippen LogP contribution in [0.4, 0.5) is 0 Å². The molecule has 0 aliphatic carbocycles. The highest BCUT2D eigenvalue weighted by atomic mass is 28.5. The van der Waals surface area contributed by atoms with Crippen molar-refractivity contribution in [3.63, 3.8) is 0 Å². The second-order valence-corrected chi connectivity index (χ2v) is 26.9. The van der Waals surface area contributed by atoms with Crippen molar-refractivity contribution in [1.82, 2.24) is 0 Å². The molecule has 168 valence electrons. The number of hydrogen-bond donors (Lipinski definition) is 0. The van der Waals surface area contributed by atoms with Crippen LogP contribution in [0, 0.1) is 0 Å². The van der Waals surface area contributed by atoms with Gasteiger partial charge in [-0.15, -0.1) is 0 Å². The first-order chi connectivity index (χ1) is 12.8. The number of rotatable bonds is 8. The molecular weight excluding hydrogens is 417 g/mol. The van der Waals surface area contributed by atoms with Gasteiger partial charge in [0.25, 0.3) is 0 Å². The van der Waals surface area contributed by atoms with E-state index >= 15 is 0 Å². The lowest BCUT2D eigenvalue weighted by Crippen LogP contribution is -2.72. The Kier molecular flexibility index (Phi) is 9.44. The highest BCUT2D eigenvalue weighted by Crippen LogP contribution is 2.49. The molecule has 1 rings (SSSR count). The summed E-state index contributed by atoms with van der Waals surface area (Å²) in [5.74, 6) is 0. The van der Waals surface area contributed by atoms with Gasteiger partial charge in [0.05, 0.1) is 0 Å². The largest absolute Gasteiger partial charge is 0.415 e. The fourth-order valence-corrected chi connectivity index (χ4v) is 31.4. The van der Waals surface area contributed by atoms with Crippen LogP contribution in [0.25, 0.3) is 0 Å². The van der Waals surface area contributed by atoms with Gasteiger partial charge in [-0.25, -0.2) is 0 Å². The average molecular weight is 465 g/mol. The molecule has 1 fully saturated rings.